The molecular weight excluding hydrogens is 235 g/mol. The Labute approximate surface area is 103 Å². The number of rotatable bonds is 6. The zero-order valence-corrected chi connectivity index (χ0v) is 14.3. The molecule has 2 atom stereocenters. The summed E-state index contributed by atoms with van der Waals surface area (Å²) in [6, 6.07) is 0. The summed E-state index contributed by atoms with van der Waals surface area (Å²) in [7, 11) is -3.60. The van der Waals surface area contributed by atoms with Crippen molar-refractivity contribution in [3.63, 3.8) is 0 Å². The smallest absolute Gasteiger partial charge is 0.224 e. The van der Waals surface area contributed by atoms with Crippen molar-refractivity contribution in [2.45, 2.75) is 77.4 Å². The van der Waals surface area contributed by atoms with Gasteiger partial charge in [0.2, 0.25) is 8.32 Å². The van der Waals surface area contributed by atoms with Crippen LogP contribution in [0.1, 0.15) is 33.6 Å². The van der Waals surface area contributed by atoms with Gasteiger partial charge >= 0.3 is 0 Å². The first kappa shape index (κ1) is 16.3. The monoisotopic (exact) mass is 264 g/mol. The Balaban J connectivity index is 4.81. The summed E-state index contributed by atoms with van der Waals surface area (Å²) < 4.78 is 20.7. The summed E-state index contributed by atoms with van der Waals surface area (Å²) in [5.74, 6) is 0. The van der Waals surface area contributed by atoms with E-state index in [-0.39, 0.29) is 5.73 Å². The van der Waals surface area contributed by atoms with Crippen LogP contribution in [0, 0.1) is 0 Å². The van der Waals surface area contributed by atoms with Crippen LogP contribution in [0.5, 0.6) is 0 Å². The molecule has 0 aromatic heterocycles. The number of hydrogen-bond donors (Lipinski definition) is 0. The molecule has 0 aliphatic rings. The Morgan fingerprint density at radius 2 is 1.56 bits per heavy atom. The second kappa shape index (κ2) is 5.31. The fraction of sp³-hybridized carbons (Fsp3) is 1.00. The molecule has 1 nitrogen and oxygen atoms in total. The number of hydrogen-bond acceptors (Lipinski definition) is 1. The van der Waals surface area contributed by atoms with Gasteiger partial charge in [0.1, 0.15) is 5.29 Å². The minimum absolute atomic E-state index is 0.288. The lowest BCUT2D eigenvalue weighted by Gasteiger charge is -2.41. The van der Waals surface area contributed by atoms with E-state index >= 15 is 0 Å². The molecule has 0 bridgehead atoms. The first-order valence-electron chi connectivity index (χ1n) is 6.34. The molecule has 0 aromatic carbocycles. The lowest BCUT2D eigenvalue weighted by molar-refractivity contribution is 0.179. The SMILES string of the molecule is CCC(O[Si](C)(C)[C@](C)(F)CC)[Si](C)(C)C. The van der Waals surface area contributed by atoms with Crippen LogP contribution in [0.15, 0.2) is 0 Å². The standard InChI is InChI=1S/C12H29FOSi2/c1-9-11(15(4,5)6)14-16(7,8)12(3,13)10-2/h11H,9-10H2,1-8H3/t11?,12-/m0/s1. The molecule has 98 valence electrons. The van der Waals surface area contributed by atoms with Crippen molar-refractivity contribution >= 4 is 16.4 Å². The molecule has 0 radical (unpaired) electrons. The second-order valence-electron chi connectivity index (χ2n) is 6.44. The van der Waals surface area contributed by atoms with Crippen LogP contribution < -0.4 is 0 Å². The molecule has 0 aliphatic carbocycles. The highest BCUT2D eigenvalue weighted by Gasteiger charge is 2.47. The molecule has 0 saturated heterocycles. The van der Waals surface area contributed by atoms with Gasteiger partial charge in [0.25, 0.3) is 0 Å². The molecule has 0 N–H and O–H groups in total. The summed E-state index contributed by atoms with van der Waals surface area (Å²) >= 11 is 0. The zero-order valence-electron chi connectivity index (χ0n) is 12.3. The van der Waals surface area contributed by atoms with Crippen LogP contribution in [-0.4, -0.2) is 27.4 Å². The Bertz CT molecular complexity index is 222. The van der Waals surface area contributed by atoms with Crippen molar-refractivity contribution in [2.75, 3.05) is 0 Å². The highest BCUT2D eigenvalue weighted by atomic mass is 28.4. The summed E-state index contributed by atoms with van der Waals surface area (Å²) in [5, 5.41) is -1.12. The van der Waals surface area contributed by atoms with Crippen molar-refractivity contribution in [1.29, 1.82) is 0 Å². The van der Waals surface area contributed by atoms with Gasteiger partial charge in [-0.15, -0.1) is 0 Å². The predicted molar refractivity (Wildman–Crippen MR) is 75.8 cm³/mol. The molecule has 4 heteroatoms. The molecule has 0 spiro atoms. The van der Waals surface area contributed by atoms with Crippen LogP contribution in [0.4, 0.5) is 4.39 Å². The van der Waals surface area contributed by atoms with E-state index in [1.165, 1.54) is 0 Å². The van der Waals surface area contributed by atoms with E-state index in [1.54, 1.807) is 6.92 Å². The predicted octanol–water partition coefficient (Wildman–Crippen LogP) is 4.54. The molecule has 0 rings (SSSR count). The lowest BCUT2D eigenvalue weighted by Crippen LogP contribution is -2.57. The average Bonchev–Trinajstić information content (AvgIpc) is 2.12. The van der Waals surface area contributed by atoms with Crippen LogP contribution in [-0.2, 0) is 4.43 Å². The van der Waals surface area contributed by atoms with E-state index in [0.717, 1.165) is 6.42 Å². The maximum absolute atomic E-state index is 14.4. The molecule has 0 amide bonds. The molecule has 0 saturated carbocycles. The summed E-state index contributed by atoms with van der Waals surface area (Å²) in [6.45, 7) is 16.7. The fourth-order valence-corrected chi connectivity index (χ4v) is 7.27. The minimum Gasteiger partial charge on any atom is -0.414 e. The largest absolute Gasteiger partial charge is 0.414 e. The van der Waals surface area contributed by atoms with E-state index in [1.807, 2.05) is 20.0 Å². The van der Waals surface area contributed by atoms with Gasteiger partial charge in [-0.3, -0.25) is 0 Å². The molecule has 1 unspecified atom stereocenters. The van der Waals surface area contributed by atoms with Crippen molar-refractivity contribution in [2.24, 2.45) is 0 Å². The van der Waals surface area contributed by atoms with E-state index < -0.39 is 21.7 Å². The van der Waals surface area contributed by atoms with Crippen molar-refractivity contribution in [3.05, 3.63) is 0 Å². The highest BCUT2D eigenvalue weighted by Crippen LogP contribution is 2.32. The number of halogens is 1. The van der Waals surface area contributed by atoms with Crippen LogP contribution in [0.3, 0.4) is 0 Å². The molecule has 0 fully saturated rings. The Kier molecular flexibility index (Phi) is 5.42. The average molecular weight is 265 g/mol. The Hall–Kier alpha value is 0.324. The first-order chi connectivity index (χ1) is 6.98. The van der Waals surface area contributed by atoms with Gasteiger partial charge in [-0.1, -0.05) is 33.5 Å². The first-order valence-corrected chi connectivity index (χ1v) is 12.8. The molecule has 16 heavy (non-hydrogen) atoms. The summed E-state index contributed by atoms with van der Waals surface area (Å²) in [5.41, 5.74) is 0.288. The van der Waals surface area contributed by atoms with Gasteiger partial charge < -0.3 is 4.43 Å². The van der Waals surface area contributed by atoms with Crippen LogP contribution in [0.2, 0.25) is 32.7 Å². The fourth-order valence-electron chi connectivity index (χ4n) is 1.78. The van der Waals surface area contributed by atoms with Gasteiger partial charge in [-0.2, -0.15) is 0 Å². The van der Waals surface area contributed by atoms with Gasteiger partial charge in [-0.05, 0) is 32.9 Å². The van der Waals surface area contributed by atoms with Gasteiger partial charge in [-0.25, -0.2) is 4.39 Å². The Morgan fingerprint density at radius 3 is 1.81 bits per heavy atom. The second-order valence-corrected chi connectivity index (χ2v) is 16.1. The van der Waals surface area contributed by atoms with Crippen molar-refractivity contribution in [3.8, 4) is 0 Å². The third-order valence-corrected chi connectivity index (χ3v) is 10.1. The molecule has 0 heterocycles. The van der Waals surface area contributed by atoms with Crippen LogP contribution >= 0.6 is 0 Å². The van der Waals surface area contributed by atoms with E-state index in [4.69, 9.17) is 4.43 Å². The van der Waals surface area contributed by atoms with Crippen LogP contribution in [0.25, 0.3) is 0 Å². The summed E-state index contributed by atoms with van der Waals surface area (Å²) in [4.78, 5) is 0. The molecule has 0 aliphatic heterocycles. The summed E-state index contributed by atoms with van der Waals surface area (Å²) in [6.07, 6.45) is 1.56. The van der Waals surface area contributed by atoms with E-state index in [9.17, 15) is 4.39 Å². The lowest BCUT2D eigenvalue weighted by atomic mass is 10.3. The van der Waals surface area contributed by atoms with Crippen molar-refractivity contribution < 1.29 is 8.82 Å². The quantitative estimate of drug-likeness (QED) is 0.640. The maximum Gasteiger partial charge on any atom is 0.224 e. The van der Waals surface area contributed by atoms with Gasteiger partial charge in [0, 0.05) is 5.73 Å². The minimum atomic E-state index is -2.26. The molecular formula is C12H29FOSi2. The van der Waals surface area contributed by atoms with E-state index in [0.29, 0.717) is 6.42 Å². The third kappa shape index (κ3) is 3.97. The maximum atomic E-state index is 14.4. The van der Waals surface area contributed by atoms with E-state index in [2.05, 4.69) is 26.6 Å². The van der Waals surface area contributed by atoms with Gasteiger partial charge in [0.05, 0.1) is 8.07 Å². The zero-order chi connectivity index (χ0) is 13.2. The van der Waals surface area contributed by atoms with Crippen molar-refractivity contribution in [1.82, 2.24) is 0 Å². The third-order valence-electron chi connectivity index (χ3n) is 3.69. The van der Waals surface area contributed by atoms with Gasteiger partial charge in [0.15, 0.2) is 0 Å². The Morgan fingerprint density at radius 1 is 1.12 bits per heavy atom. The molecule has 0 aromatic rings. The normalized spacial score (nSPS) is 19.3. The highest BCUT2D eigenvalue weighted by molar-refractivity contribution is 6.80. The topological polar surface area (TPSA) is 9.23 Å². The number of alkyl halides is 1.